The largest absolute Gasteiger partial charge is 0.466 e. The van der Waals surface area contributed by atoms with Gasteiger partial charge in [-0.15, -0.1) is 0 Å². The molecule has 2 aromatic heterocycles. The summed E-state index contributed by atoms with van der Waals surface area (Å²) in [6.07, 6.45) is 15.4. The highest BCUT2D eigenvalue weighted by molar-refractivity contribution is 5.79. The van der Waals surface area contributed by atoms with E-state index in [2.05, 4.69) is 14.9 Å². The summed E-state index contributed by atoms with van der Waals surface area (Å²) < 4.78 is 19.5. The Balaban J connectivity index is 1.69. The number of halogens is 1. The van der Waals surface area contributed by atoms with Crippen LogP contribution in [0.2, 0.25) is 0 Å². The van der Waals surface area contributed by atoms with Crippen LogP contribution in [0.15, 0.2) is 72.9 Å². The molecule has 0 fully saturated rings. The highest BCUT2D eigenvalue weighted by Gasteiger charge is 2.15. The van der Waals surface area contributed by atoms with Gasteiger partial charge < -0.3 is 9.64 Å². The molecule has 0 N–H and O–H groups in total. The highest BCUT2D eigenvalue weighted by atomic mass is 19.1. The summed E-state index contributed by atoms with van der Waals surface area (Å²) >= 11 is 0. The van der Waals surface area contributed by atoms with Crippen molar-refractivity contribution in [3.8, 4) is 0 Å². The van der Waals surface area contributed by atoms with Crippen LogP contribution in [0.4, 0.5) is 16.0 Å². The summed E-state index contributed by atoms with van der Waals surface area (Å²) in [5, 5.41) is 0. The molecule has 0 unspecified atom stereocenters. The van der Waals surface area contributed by atoms with E-state index in [0.717, 1.165) is 49.4 Å². The maximum absolute atomic E-state index is 14.5. The Labute approximate surface area is 189 Å². The van der Waals surface area contributed by atoms with Gasteiger partial charge >= 0.3 is 5.97 Å². The lowest BCUT2D eigenvalue weighted by molar-refractivity contribution is -0.143. The Bertz CT molecular complexity index is 970. The maximum Gasteiger partial charge on any atom is 0.305 e. The number of rotatable bonds is 11. The lowest BCUT2D eigenvalue weighted by Gasteiger charge is -2.23. The van der Waals surface area contributed by atoms with Crippen molar-refractivity contribution in [2.75, 3.05) is 18.1 Å². The minimum absolute atomic E-state index is 0.132. The number of allylic oxidation sites excluding steroid dienone is 6. The molecule has 32 heavy (non-hydrogen) atoms. The van der Waals surface area contributed by atoms with E-state index in [-0.39, 0.29) is 11.8 Å². The first-order valence-electron chi connectivity index (χ1n) is 11.2. The molecule has 0 aliphatic heterocycles. The third-order valence-electron chi connectivity index (χ3n) is 5.17. The van der Waals surface area contributed by atoms with Crippen molar-refractivity contribution < 1.29 is 13.9 Å². The number of pyridine rings is 2. The highest BCUT2D eigenvalue weighted by Crippen LogP contribution is 2.30. The van der Waals surface area contributed by atoms with Crippen LogP contribution in [0.3, 0.4) is 0 Å². The quantitative estimate of drug-likeness (QED) is 0.305. The van der Waals surface area contributed by atoms with E-state index in [1.807, 2.05) is 49.4 Å². The van der Waals surface area contributed by atoms with E-state index in [1.54, 1.807) is 18.5 Å². The monoisotopic (exact) mass is 435 g/mol. The van der Waals surface area contributed by atoms with Gasteiger partial charge in [-0.1, -0.05) is 37.1 Å². The van der Waals surface area contributed by atoms with Gasteiger partial charge in [-0.05, 0) is 62.1 Å². The number of nitrogens with zero attached hydrogens (tertiary/aromatic N) is 3. The summed E-state index contributed by atoms with van der Waals surface area (Å²) in [6.45, 7) is 2.98. The molecule has 1 aliphatic carbocycles. The predicted octanol–water partition coefficient (Wildman–Crippen LogP) is 6.33. The van der Waals surface area contributed by atoms with E-state index in [9.17, 15) is 9.18 Å². The number of aromatic nitrogens is 2. The number of hydrogen-bond donors (Lipinski definition) is 0. The van der Waals surface area contributed by atoms with Gasteiger partial charge in [-0.25, -0.2) is 14.4 Å². The van der Waals surface area contributed by atoms with Crippen molar-refractivity contribution in [1.29, 1.82) is 0 Å². The van der Waals surface area contributed by atoms with Crippen LogP contribution < -0.4 is 4.90 Å². The molecule has 2 aromatic rings. The molecule has 0 saturated carbocycles. The third-order valence-corrected chi connectivity index (χ3v) is 5.17. The van der Waals surface area contributed by atoms with Gasteiger partial charge in [0.2, 0.25) is 0 Å². The second kappa shape index (κ2) is 12.5. The van der Waals surface area contributed by atoms with Crippen LogP contribution >= 0.6 is 0 Å². The fraction of sp³-hybridized carbons (Fsp3) is 0.346. The number of ether oxygens (including phenoxy) is 1. The molecule has 6 heteroatoms. The second-order valence-electron chi connectivity index (χ2n) is 7.51. The Morgan fingerprint density at radius 1 is 1.09 bits per heavy atom. The summed E-state index contributed by atoms with van der Waals surface area (Å²) in [4.78, 5) is 22.6. The molecule has 1 aliphatic rings. The average molecular weight is 436 g/mol. The van der Waals surface area contributed by atoms with Gasteiger partial charge in [0, 0.05) is 30.9 Å². The molecule has 0 bridgehead atoms. The minimum atomic E-state index is -0.248. The van der Waals surface area contributed by atoms with E-state index in [4.69, 9.17) is 4.74 Å². The molecule has 2 heterocycles. The van der Waals surface area contributed by atoms with Crippen molar-refractivity contribution in [3.05, 3.63) is 78.4 Å². The summed E-state index contributed by atoms with van der Waals surface area (Å²) in [5.41, 5.74) is 1.38. The van der Waals surface area contributed by atoms with Crippen LogP contribution in [0.25, 0.3) is 5.57 Å². The van der Waals surface area contributed by atoms with Crippen molar-refractivity contribution >= 4 is 23.2 Å². The molecule has 0 radical (unpaired) electrons. The zero-order chi connectivity index (χ0) is 22.6. The molecule has 0 atom stereocenters. The van der Waals surface area contributed by atoms with E-state index >= 15 is 0 Å². The Hall–Kier alpha value is -3.28. The first-order valence-corrected chi connectivity index (χ1v) is 11.2. The number of esters is 1. The Kier molecular flexibility index (Phi) is 9.17. The number of hydrogen-bond acceptors (Lipinski definition) is 5. The van der Waals surface area contributed by atoms with Crippen LogP contribution in [0, 0.1) is 0 Å². The Morgan fingerprint density at radius 3 is 2.75 bits per heavy atom. The fourth-order valence-electron chi connectivity index (χ4n) is 3.58. The third kappa shape index (κ3) is 6.87. The molecule has 3 rings (SSSR count). The van der Waals surface area contributed by atoms with Gasteiger partial charge in [0.1, 0.15) is 17.5 Å². The molecule has 5 nitrogen and oxygen atoms in total. The van der Waals surface area contributed by atoms with Crippen molar-refractivity contribution in [2.45, 2.75) is 45.4 Å². The molecule has 0 aromatic carbocycles. The zero-order valence-electron chi connectivity index (χ0n) is 18.5. The molecular formula is C26H30FN3O2. The first kappa shape index (κ1) is 23.4. The molecular weight excluding hydrogens is 405 g/mol. The molecule has 168 valence electrons. The summed E-state index contributed by atoms with van der Waals surface area (Å²) in [6, 6.07) is 9.52. The van der Waals surface area contributed by atoms with Crippen molar-refractivity contribution in [3.63, 3.8) is 0 Å². The van der Waals surface area contributed by atoms with E-state index in [1.165, 1.54) is 6.08 Å². The van der Waals surface area contributed by atoms with E-state index < -0.39 is 0 Å². The SMILES string of the molecule is CCOC(=O)CCCCCCN(c1ccccn1)c1cc(C2=CCC=CC=C2F)ccn1. The van der Waals surface area contributed by atoms with Gasteiger partial charge in [0.15, 0.2) is 0 Å². The predicted molar refractivity (Wildman–Crippen MR) is 126 cm³/mol. The first-order chi connectivity index (χ1) is 15.7. The van der Waals surface area contributed by atoms with Gasteiger partial charge in [0.25, 0.3) is 0 Å². The standard InChI is InChI=1S/C26H30FN3O2/c1-2-32-26(31)15-8-3-4-11-19-30(24-14-9-10-17-28-24)25-20-21(16-18-29-25)22-12-6-5-7-13-23(22)27/h5,7,9-10,12-14,16-18,20H,2-4,6,8,11,15,19H2,1H3. The smallest absolute Gasteiger partial charge is 0.305 e. The van der Waals surface area contributed by atoms with Crippen LogP contribution in [0.5, 0.6) is 0 Å². The zero-order valence-corrected chi connectivity index (χ0v) is 18.5. The van der Waals surface area contributed by atoms with Gasteiger partial charge in [-0.2, -0.15) is 0 Å². The lowest BCUT2D eigenvalue weighted by Crippen LogP contribution is -2.20. The number of unbranched alkanes of at least 4 members (excludes halogenated alkanes) is 3. The number of carbonyl (C=O) groups excluding carboxylic acids is 1. The molecule has 0 saturated heterocycles. The normalized spacial score (nSPS) is 13.2. The van der Waals surface area contributed by atoms with Crippen molar-refractivity contribution in [2.24, 2.45) is 0 Å². The fourth-order valence-corrected chi connectivity index (χ4v) is 3.58. The second-order valence-corrected chi connectivity index (χ2v) is 7.51. The summed E-state index contributed by atoms with van der Waals surface area (Å²) in [5.74, 6) is 1.16. The lowest BCUT2D eigenvalue weighted by atomic mass is 10.0. The summed E-state index contributed by atoms with van der Waals surface area (Å²) in [7, 11) is 0. The van der Waals surface area contributed by atoms with Crippen LogP contribution in [-0.4, -0.2) is 29.1 Å². The van der Waals surface area contributed by atoms with Gasteiger partial charge in [0.05, 0.1) is 6.61 Å². The topological polar surface area (TPSA) is 55.3 Å². The van der Waals surface area contributed by atoms with Gasteiger partial charge in [-0.3, -0.25) is 4.79 Å². The van der Waals surface area contributed by atoms with Crippen LogP contribution in [0.1, 0.15) is 51.0 Å². The van der Waals surface area contributed by atoms with E-state index in [0.29, 0.717) is 25.0 Å². The molecule has 0 amide bonds. The molecule has 0 spiro atoms. The van der Waals surface area contributed by atoms with Crippen LogP contribution in [-0.2, 0) is 9.53 Å². The number of anilines is 2. The van der Waals surface area contributed by atoms with Crippen molar-refractivity contribution in [1.82, 2.24) is 9.97 Å². The minimum Gasteiger partial charge on any atom is -0.466 e. The Morgan fingerprint density at radius 2 is 1.94 bits per heavy atom. The average Bonchev–Trinajstić information content (AvgIpc) is 3.03. The maximum atomic E-state index is 14.5. The number of carbonyl (C=O) groups is 1.